The first kappa shape index (κ1) is 14.0. The first-order chi connectivity index (χ1) is 8.60. The van der Waals surface area contributed by atoms with Crippen LogP contribution in [-0.4, -0.2) is 12.6 Å². The molecule has 1 aliphatic carbocycles. The van der Waals surface area contributed by atoms with Crippen LogP contribution in [0, 0.1) is 18.8 Å². The molecule has 1 aromatic rings. The molecule has 1 aromatic heterocycles. The van der Waals surface area contributed by atoms with E-state index in [2.05, 4.69) is 32.9 Å². The molecule has 2 N–H and O–H groups in total. The second-order valence-electron chi connectivity index (χ2n) is 5.70. The van der Waals surface area contributed by atoms with Gasteiger partial charge in [0.25, 0.3) is 0 Å². The van der Waals surface area contributed by atoms with E-state index in [-0.39, 0.29) is 6.10 Å². The molecule has 1 aliphatic rings. The summed E-state index contributed by atoms with van der Waals surface area (Å²) in [4.78, 5) is 2.61. The average Bonchev–Trinajstić information content (AvgIpc) is 2.77. The van der Waals surface area contributed by atoms with Crippen molar-refractivity contribution in [3.05, 3.63) is 21.9 Å². The Morgan fingerprint density at radius 3 is 2.67 bits per heavy atom. The fourth-order valence-electron chi connectivity index (χ4n) is 2.72. The van der Waals surface area contributed by atoms with Crippen molar-refractivity contribution >= 4 is 11.3 Å². The van der Waals surface area contributed by atoms with Gasteiger partial charge >= 0.3 is 0 Å². The van der Waals surface area contributed by atoms with Crippen LogP contribution in [0.3, 0.4) is 0 Å². The third-order valence-electron chi connectivity index (χ3n) is 4.20. The van der Waals surface area contributed by atoms with Crippen LogP contribution in [0.5, 0.6) is 0 Å². The highest BCUT2D eigenvalue weighted by Crippen LogP contribution is 2.34. The van der Waals surface area contributed by atoms with Gasteiger partial charge in [0.1, 0.15) is 6.10 Å². The van der Waals surface area contributed by atoms with E-state index in [4.69, 9.17) is 10.5 Å². The molecule has 1 fully saturated rings. The minimum absolute atomic E-state index is 0.0920. The summed E-state index contributed by atoms with van der Waals surface area (Å²) in [5.41, 5.74) is 5.87. The molecular formula is C15H25NOS. The SMILES string of the molecule is Cc1ccc(C(CN)OC2CCC(C)C(C)C2)s1. The lowest BCUT2D eigenvalue weighted by atomic mass is 9.80. The summed E-state index contributed by atoms with van der Waals surface area (Å²) in [6.45, 7) is 7.41. The van der Waals surface area contributed by atoms with E-state index in [1.807, 2.05) is 0 Å². The third-order valence-corrected chi connectivity index (χ3v) is 5.29. The molecule has 2 rings (SSSR count). The van der Waals surface area contributed by atoms with E-state index in [1.54, 1.807) is 11.3 Å². The van der Waals surface area contributed by atoms with Gasteiger partial charge in [-0.1, -0.05) is 13.8 Å². The zero-order chi connectivity index (χ0) is 13.1. The Morgan fingerprint density at radius 1 is 1.33 bits per heavy atom. The highest BCUT2D eigenvalue weighted by molar-refractivity contribution is 7.12. The van der Waals surface area contributed by atoms with Gasteiger partial charge < -0.3 is 10.5 Å². The molecule has 1 saturated carbocycles. The Morgan fingerprint density at radius 2 is 2.11 bits per heavy atom. The number of ether oxygens (including phenoxy) is 1. The summed E-state index contributed by atoms with van der Waals surface area (Å²) in [5.74, 6) is 1.61. The van der Waals surface area contributed by atoms with E-state index >= 15 is 0 Å². The molecular weight excluding hydrogens is 242 g/mol. The number of rotatable bonds is 4. The van der Waals surface area contributed by atoms with Gasteiger partial charge in [-0.2, -0.15) is 0 Å². The average molecular weight is 267 g/mol. The zero-order valence-electron chi connectivity index (χ0n) is 11.7. The molecule has 0 saturated heterocycles. The second kappa shape index (κ2) is 6.18. The Bertz CT molecular complexity index is 376. The predicted molar refractivity (Wildman–Crippen MR) is 77.9 cm³/mol. The van der Waals surface area contributed by atoms with E-state index in [0.29, 0.717) is 12.6 Å². The quantitative estimate of drug-likeness (QED) is 0.898. The summed E-state index contributed by atoms with van der Waals surface area (Å²) in [6, 6.07) is 4.31. The van der Waals surface area contributed by atoms with Gasteiger partial charge in [-0.3, -0.25) is 0 Å². The topological polar surface area (TPSA) is 35.2 Å². The van der Waals surface area contributed by atoms with Crippen molar-refractivity contribution in [2.45, 2.75) is 52.2 Å². The molecule has 4 atom stereocenters. The maximum Gasteiger partial charge on any atom is 0.104 e. The fraction of sp³-hybridized carbons (Fsp3) is 0.733. The van der Waals surface area contributed by atoms with Crippen molar-refractivity contribution < 1.29 is 4.74 Å². The minimum Gasteiger partial charge on any atom is -0.368 e. The van der Waals surface area contributed by atoms with E-state index in [1.165, 1.54) is 29.0 Å². The highest BCUT2D eigenvalue weighted by atomic mass is 32.1. The first-order valence-electron chi connectivity index (χ1n) is 7.02. The number of hydrogen-bond donors (Lipinski definition) is 1. The van der Waals surface area contributed by atoms with Gasteiger partial charge in [-0.15, -0.1) is 11.3 Å². The lowest BCUT2D eigenvalue weighted by Crippen LogP contribution is -2.29. The van der Waals surface area contributed by atoms with Crippen molar-refractivity contribution in [2.75, 3.05) is 6.54 Å². The third kappa shape index (κ3) is 3.34. The van der Waals surface area contributed by atoms with Crippen LogP contribution in [0.1, 0.15) is 49.0 Å². The maximum absolute atomic E-state index is 6.24. The van der Waals surface area contributed by atoms with Gasteiger partial charge in [0.2, 0.25) is 0 Å². The summed E-state index contributed by atoms with van der Waals surface area (Å²) in [5, 5.41) is 0. The summed E-state index contributed by atoms with van der Waals surface area (Å²) < 4.78 is 6.24. The first-order valence-corrected chi connectivity index (χ1v) is 7.83. The molecule has 3 heteroatoms. The van der Waals surface area contributed by atoms with Crippen LogP contribution in [0.25, 0.3) is 0 Å². The van der Waals surface area contributed by atoms with Gasteiger partial charge in [-0.25, -0.2) is 0 Å². The molecule has 1 heterocycles. The highest BCUT2D eigenvalue weighted by Gasteiger charge is 2.27. The second-order valence-corrected chi connectivity index (χ2v) is 7.02. The largest absolute Gasteiger partial charge is 0.368 e. The monoisotopic (exact) mass is 267 g/mol. The summed E-state index contributed by atoms with van der Waals surface area (Å²) in [7, 11) is 0. The standard InChI is InChI=1S/C15H25NOS/c1-10-4-6-13(8-11(10)2)17-14(9-16)15-7-5-12(3)18-15/h5,7,10-11,13-14H,4,6,8-9,16H2,1-3H3. The Labute approximate surface area is 115 Å². The summed E-state index contributed by atoms with van der Waals surface area (Å²) >= 11 is 1.81. The van der Waals surface area contributed by atoms with Crippen LogP contribution < -0.4 is 5.73 Å². The van der Waals surface area contributed by atoms with Crippen LogP contribution in [-0.2, 0) is 4.74 Å². The molecule has 0 aromatic carbocycles. The molecule has 0 bridgehead atoms. The molecule has 0 aliphatic heterocycles. The smallest absolute Gasteiger partial charge is 0.104 e. The van der Waals surface area contributed by atoms with E-state index in [9.17, 15) is 0 Å². The number of hydrogen-bond acceptors (Lipinski definition) is 3. The molecule has 0 radical (unpaired) electrons. The van der Waals surface area contributed by atoms with Crippen LogP contribution in [0.2, 0.25) is 0 Å². The fourth-order valence-corrected chi connectivity index (χ4v) is 3.65. The predicted octanol–water partition coefficient (Wildman–Crippen LogP) is 3.90. The summed E-state index contributed by atoms with van der Waals surface area (Å²) in [6.07, 6.45) is 4.14. The van der Waals surface area contributed by atoms with E-state index in [0.717, 1.165) is 11.8 Å². The van der Waals surface area contributed by atoms with Crippen molar-refractivity contribution in [3.8, 4) is 0 Å². The Hall–Kier alpha value is -0.380. The number of thiophene rings is 1. The molecule has 4 unspecified atom stereocenters. The van der Waals surface area contributed by atoms with Crippen molar-refractivity contribution in [2.24, 2.45) is 17.6 Å². The van der Waals surface area contributed by atoms with Crippen LogP contribution in [0.4, 0.5) is 0 Å². The molecule has 0 amide bonds. The lowest BCUT2D eigenvalue weighted by molar-refractivity contribution is -0.0434. The maximum atomic E-state index is 6.24. The van der Waals surface area contributed by atoms with Gasteiger partial charge in [0.05, 0.1) is 6.10 Å². The molecule has 18 heavy (non-hydrogen) atoms. The normalized spacial score (nSPS) is 30.3. The zero-order valence-corrected chi connectivity index (χ0v) is 12.5. The number of nitrogens with two attached hydrogens (primary N) is 1. The van der Waals surface area contributed by atoms with Crippen molar-refractivity contribution in [3.63, 3.8) is 0 Å². The van der Waals surface area contributed by atoms with Crippen LogP contribution >= 0.6 is 11.3 Å². The van der Waals surface area contributed by atoms with Crippen molar-refractivity contribution in [1.82, 2.24) is 0 Å². The van der Waals surface area contributed by atoms with E-state index < -0.39 is 0 Å². The van der Waals surface area contributed by atoms with Crippen LogP contribution in [0.15, 0.2) is 12.1 Å². The lowest BCUT2D eigenvalue weighted by Gasteiger charge is -2.33. The minimum atomic E-state index is 0.0920. The molecule has 0 spiro atoms. The van der Waals surface area contributed by atoms with Gasteiger partial charge in [-0.05, 0) is 50.2 Å². The van der Waals surface area contributed by atoms with Gasteiger partial charge in [0, 0.05) is 16.3 Å². The Kier molecular flexibility index (Phi) is 4.82. The number of aryl methyl sites for hydroxylation is 1. The van der Waals surface area contributed by atoms with Gasteiger partial charge in [0.15, 0.2) is 0 Å². The van der Waals surface area contributed by atoms with Crippen molar-refractivity contribution in [1.29, 1.82) is 0 Å². The molecule has 102 valence electrons. The molecule has 2 nitrogen and oxygen atoms in total. The Balaban J connectivity index is 1.94.